The van der Waals surface area contributed by atoms with Gasteiger partial charge in [0.2, 0.25) is 5.91 Å². The van der Waals surface area contributed by atoms with E-state index < -0.39 is 0 Å². The van der Waals surface area contributed by atoms with Gasteiger partial charge in [0.15, 0.2) is 0 Å². The lowest BCUT2D eigenvalue weighted by molar-refractivity contribution is -0.121. The summed E-state index contributed by atoms with van der Waals surface area (Å²) in [6.45, 7) is 5.31. The summed E-state index contributed by atoms with van der Waals surface area (Å²) in [5.41, 5.74) is 0. The maximum absolute atomic E-state index is 11.3. The average Bonchev–Trinajstić information content (AvgIpc) is 2.68. The molecule has 1 heterocycles. The quantitative estimate of drug-likeness (QED) is 0.667. The molecule has 2 fully saturated rings. The zero-order valence-electron chi connectivity index (χ0n) is 8.34. The number of rotatable bonds is 3. The second-order valence-corrected chi connectivity index (χ2v) is 4.46. The average molecular weight is 182 g/mol. The summed E-state index contributed by atoms with van der Waals surface area (Å²) in [5.74, 6) is 1.83. The van der Waals surface area contributed by atoms with Gasteiger partial charge in [0.25, 0.3) is 0 Å². The van der Waals surface area contributed by atoms with Crippen LogP contribution in [0.5, 0.6) is 0 Å². The summed E-state index contributed by atoms with van der Waals surface area (Å²) in [6.07, 6.45) is 2.27. The van der Waals surface area contributed by atoms with Gasteiger partial charge in [-0.3, -0.25) is 4.79 Å². The number of hydrogen-bond acceptors (Lipinski definition) is 2. The minimum Gasteiger partial charge on any atom is -0.355 e. The van der Waals surface area contributed by atoms with Crippen molar-refractivity contribution in [2.75, 3.05) is 6.54 Å². The van der Waals surface area contributed by atoms with Crippen molar-refractivity contribution < 1.29 is 4.79 Å². The van der Waals surface area contributed by atoms with Crippen molar-refractivity contribution in [1.29, 1.82) is 0 Å². The van der Waals surface area contributed by atoms with Crippen LogP contribution in [0.1, 0.15) is 26.7 Å². The Balaban J connectivity index is 1.80. The number of carbonyl (C=O) groups excluding carboxylic acids is 1. The van der Waals surface area contributed by atoms with Crippen LogP contribution in [0.25, 0.3) is 0 Å². The van der Waals surface area contributed by atoms with E-state index in [1.54, 1.807) is 0 Å². The first-order valence-corrected chi connectivity index (χ1v) is 5.22. The minimum absolute atomic E-state index is 0.0720. The third kappa shape index (κ3) is 1.85. The molecular formula is C10H18N2O. The van der Waals surface area contributed by atoms with E-state index in [2.05, 4.69) is 24.5 Å². The molecule has 4 atom stereocenters. The van der Waals surface area contributed by atoms with Crippen molar-refractivity contribution in [2.24, 2.45) is 11.8 Å². The van der Waals surface area contributed by atoms with Gasteiger partial charge in [-0.25, -0.2) is 0 Å². The molecule has 1 saturated carbocycles. The first-order chi connectivity index (χ1) is 6.18. The van der Waals surface area contributed by atoms with Crippen molar-refractivity contribution in [3.05, 3.63) is 0 Å². The molecule has 0 aromatic rings. The van der Waals surface area contributed by atoms with Crippen LogP contribution in [0.15, 0.2) is 0 Å². The van der Waals surface area contributed by atoms with E-state index >= 15 is 0 Å². The van der Waals surface area contributed by atoms with Crippen molar-refractivity contribution >= 4 is 5.91 Å². The van der Waals surface area contributed by atoms with Crippen molar-refractivity contribution in [1.82, 2.24) is 10.6 Å². The molecule has 1 aliphatic heterocycles. The first kappa shape index (κ1) is 9.00. The zero-order chi connectivity index (χ0) is 9.42. The van der Waals surface area contributed by atoms with Gasteiger partial charge < -0.3 is 10.6 Å². The maximum Gasteiger partial charge on any atom is 0.237 e. The lowest BCUT2D eigenvalue weighted by Crippen LogP contribution is -2.42. The van der Waals surface area contributed by atoms with Crippen LogP contribution in [0.2, 0.25) is 0 Å². The Hall–Kier alpha value is -0.570. The molecule has 3 heteroatoms. The molecule has 74 valence electrons. The topological polar surface area (TPSA) is 41.1 Å². The van der Waals surface area contributed by atoms with E-state index in [0.717, 1.165) is 24.8 Å². The fourth-order valence-corrected chi connectivity index (χ4v) is 2.24. The van der Waals surface area contributed by atoms with Gasteiger partial charge in [-0.2, -0.15) is 0 Å². The molecule has 1 amide bonds. The second-order valence-electron chi connectivity index (χ2n) is 4.46. The third-order valence-corrected chi connectivity index (χ3v) is 3.33. The summed E-state index contributed by atoms with van der Waals surface area (Å²) in [4.78, 5) is 11.3. The molecule has 1 saturated heterocycles. The third-order valence-electron chi connectivity index (χ3n) is 3.33. The predicted octanol–water partition coefficient (Wildman–Crippen LogP) is 0.509. The van der Waals surface area contributed by atoms with E-state index in [0.29, 0.717) is 6.04 Å². The highest BCUT2D eigenvalue weighted by Gasteiger charge is 2.39. The van der Waals surface area contributed by atoms with Crippen LogP contribution in [0.3, 0.4) is 0 Å². The van der Waals surface area contributed by atoms with Crippen LogP contribution in [-0.4, -0.2) is 24.5 Å². The molecule has 0 bridgehead atoms. The molecule has 0 radical (unpaired) electrons. The lowest BCUT2D eigenvalue weighted by atomic mass is 10.1. The molecule has 4 unspecified atom stereocenters. The smallest absolute Gasteiger partial charge is 0.237 e. The fourth-order valence-electron chi connectivity index (χ4n) is 2.24. The second kappa shape index (κ2) is 3.29. The highest BCUT2D eigenvalue weighted by molar-refractivity contribution is 5.83. The Labute approximate surface area is 79.3 Å². The molecule has 1 aliphatic carbocycles. The normalized spacial score (nSPS) is 40.2. The number of hydrogen-bond donors (Lipinski definition) is 2. The van der Waals surface area contributed by atoms with Crippen LogP contribution in [-0.2, 0) is 4.79 Å². The SMILES string of the molecule is CC1CC1C(C)NC1CCNC1=O. The molecule has 2 rings (SSSR count). The summed E-state index contributed by atoms with van der Waals surface area (Å²) in [5, 5.41) is 6.25. The van der Waals surface area contributed by atoms with E-state index in [9.17, 15) is 4.79 Å². The minimum atomic E-state index is 0.0720. The summed E-state index contributed by atoms with van der Waals surface area (Å²) >= 11 is 0. The summed E-state index contributed by atoms with van der Waals surface area (Å²) in [6, 6.07) is 0.576. The zero-order valence-corrected chi connectivity index (χ0v) is 8.34. The van der Waals surface area contributed by atoms with Gasteiger partial charge in [0.05, 0.1) is 6.04 Å². The molecule has 0 aromatic heterocycles. The number of amides is 1. The molecule has 2 N–H and O–H groups in total. The monoisotopic (exact) mass is 182 g/mol. The Bertz CT molecular complexity index is 217. The van der Waals surface area contributed by atoms with E-state index in [1.807, 2.05) is 0 Å². The summed E-state index contributed by atoms with van der Waals surface area (Å²) < 4.78 is 0. The van der Waals surface area contributed by atoms with Gasteiger partial charge >= 0.3 is 0 Å². The first-order valence-electron chi connectivity index (χ1n) is 5.22. The van der Waals surface area contributed by atoms with Crippen LogP contribution in [0.4, 0.5) is 0 Å². The van der Waals surface area contributed by atoms with Crippen LogP contribution in [0, 0.1) is 11.8 Å². The Morgan fingerprint density at radius 3 is 2.77 bits per heavy atom. The van der Waals surface area contributed by atoms with Gasteiger partial charge in [-0.15, -0.1) is 0 Å². The van der Waals surface area contributed by atoms with E-state index in [-0.39, 0.29) is 11.9 Å². The summed E-state index contributed by atoms with van der Waals surface area (Å²) in [7, 11) is 0. The van der Waals surface area contributed by atoms with E-state index in [1.165, 1.54) is 6.42 Å². The van der Waals surface area contributed by atoms with Gasteiger partial charge in [0, 0.05) is 12.6 Å². The molecule has 0 spiro atoms. The molecule has 2 aliphatic rings. The predicted molar refractivity (Wildman–Crippen MR) is 51.3 cm³/mol. The fraction of sp³-hybridized carbons (Fsp3) is 0.900. The van der Waals surface area contributed by atoms with Crippen molar-refractivity contribution in [3.8, 4) is 0 Å². The number of nitrogens with one attached hydrogen (secondary N) is 2. The van der Waals surface area contributed by atoms with Crippen molar-refractivity contribution in [2.45, 2.75) is 38.8 Å². The molecule has 13 heavy (non-hydrogen) atoms. The maximum atomic E-state index is 11.3. The molecule has 3 nitrogen and oxygen atoms in total. The van der Waals surface area contributed by atoms with Gasteiger partial charge in [0.1, 0.15) is 0 Å². The highest BCUT2D eigenvalue weighted by Crippen LogP contribution is 2.40. The lowest BCUT2D eigenvalue weighted by Gasteiger charge is -2.17. The van der Waals surface area contributed by atoms with Crippen molar-refractivity contribution in [3.63, 3.8) is 0 Å². The standard InChI is InChI=1S/C10H18N2O/c1-6-5-8(6)7(2)12-9-3-4-11-10(9)13/h6-9,12H,3-5H2,1-2H3,(H,11,13). The highest BCUT2D eigenvalue weighted by atomic mass is 16.2. The van der Waals surface area contributed by atoms with Crippen LogP contribution < -0.4 is 10.6 Å². The Morgan fingerprint density at radius 1 is 1.62 bits per heavy atom. The Morgan fingerprint density at radius 2 is 2.31 bits per heavy atom. The van der Waals surface area contributed by atoms with Gasteiger partial charge in [-0.05, 0) is 31.6 Å². The van der Waals surface area contributed by atoms with E-state index in [4.69, 9.17) is 0 Å². The largest absolute Gasteiger partial charge is 0.355 e. The van der Waals surface area contributed by atoms with Crippen LogP contribution >= 0.6 is 0 Å². The van der Waals surface area contributed by atoms with Gasteiger partial charge in [-0.1, -0.05) is 6.92 Å². The molecular weight excluding hydrogens is 164 g/mol. The number of carbonyl (C=O) groups is 1. The molecule has 0 aromatic carbocycles. The Kier molecular flexibility index (Phi) is 2.28.